The first-order valence-corrected chi connectivity index (χ1v) is 8.70. The molecule has 0 bridgehead atoms. The Morgan fingerprint density at radius 1 is 1.30 bits per heavy atom. The molecule has 1 unspecified atom stereocenters. The summed E-state index contributed by atoms with van der Waals surface area (Å²) in [6.45, 7) is 2.66. The van der Waals surface area contributed by atoms with Crippen molar-refractivity contribution in [2.75, 3.05) is 6.61 Å². The van der Waals surface area contributed by atoms with E-state index in [-0.39, 0.29) is 11.5 Å². The van der Waals surface area contributed by atoms with Gasteiger partial charge in [0.2, 0.25) is 0 Å². The Morgan fingerprint density at radius 3 is 2.39 bits per heavy atom. The molecular weight excluding hydrogens is 354 g/mol. The van der Waals surface area contributed by atoms with E-state index in [1.54, 1.807) is 0 Å². The first-order chi connectivity index (χ1) is 10.6. The van der Waals surface area contributed by atoms with Gasteiger partial charge in [-0.2, -0.15) is 8.42 Å². The van der Waals surface area contributed by atoms with Crippen molar-refractivity contribution in [3.05, 3.63) is 12.7 Å². The van der Waals surface area contributed by atoms with Crippen molar-refractivity contribution in [1.82, 2.24) is 0 Å². The number of hydrogen-bond donors (Lipinski definition) is 6. The molecule has 1 fully saturated rings. The zero-order chi connectivity index (χ0) is 17.8. The minimum atomic E-state index is -4.77. The standard InChI is InChI=1S/C11H19NO9S2/c1-2-5(14)3-7(12-23(18,19)20)22-11-10(17)9(16)8(15)6(4-13)21-11/h2,5-6,8-11,13-17H,1,3-4H2,(H,18,19,20)/t5?,6-,8-,9+,10-,11+/m1/s1. The lowest BCUT2D eigenvalue weighted by Gasteiger charge is -2.39. The minimum Gasteiger partial charge on any atom is -0.394 e. The largest absolute Gasteiger partial charge is 0.394 e. The molecule has 1 aliphatic rings. The average Bonchev–Trinajstić information content (AvgIpc) is 2.45. The molecular formula is C11H19NO9S2. The maximum atomic E-state index is 10.9. The summed E-state index contributed by atoms with van der Waals surface area (Å²) < 4.78 is 38.8. The number of nitrogens with zero attached hydrogens (tertiary/aromatic N) is 1. The van der Waals surface area contributed by atoms with Crippen molar-refractivity contribution in [1.29, 1.82) is 0 Å². The van der Waals surface area contributed by atoms with Gasteiger partial charge in [0.1, 0.15) is 29.9 Å². The number of aliphatic hydroxyl groups excluding tert-OH is 5. The van der Waals surface area contributed by atoms with Gasteiger partial charge in [0.25, 0.3) is 0 Å². The van der Waals surface area contributed by atoms with Crippen LogP contribution in [-0.4, -0.2) is 86.1 Å². The van der Waals surface area contributed by atoms with Crippen LogP contribution in [0.15, 0.2) is 17.1 Å². The predicted octanol–water partition coefficient (Wildman–Crippen LogP) is -2.34. The van der Waals surface area contributed by atoms with Crippen LogP contribution >= 0.6 is 11.8 Å². The number of hydrogen-bond acceptors (Lipinski definition) is 9. The van der Waals surface area contributed by atoms with E-state index in [2.05, 4.69) is 11.0 Å². The summed E-state index contributed by atoms with van der Waals surface area (Å²) in [4.78, 5) is 0. The van der Waals surface area contributed by atoms with Gasteiger partial charge in [0, 0.05) is 6.42 Å². The van der Waals surface area contributed by atoms with Crippen molar-refractivity contribution < 1.29 is 43.2 Å². The monoisotopic (exact) mass is 373 g/mol. The molecule has 0 aromatic heterocycles. The summed E-state index contributed by atoms with van der Waals surface area (Å²) in [5.74, 6) is 0. The molecule has 6 atom stereocenters. The Balaban J connectivity index is 2.97. The highest BCUT2D eigenvalue weighted by molar-refractivity contribution is 8.14. The molecule has 10 nitrogen and oxygen atoms in total. The molecule has 1 saturated heterocycles. The van der Waals surface area contributed by atoms with E-state index in [1.165, 1.54) is 0 Å². The number of rotatable bonds is 6. The molecule has 134 valence electrons. The molecule has 0 aliphatic carbocycles. The summed E-state index contributed by atoms with van der Waals surface area (Å²) in [7, 11) is -4.77. The third kappa shape index (κ3) is 6.10. The van der Waals surface area contributed by atoms with Gasteiger partial charge in [0.05, 0.1) is 17.8 Å². The summed E-state index contributed by atoms with van der Waals surface area (Å²) in [6.07, 6.45) is -6.42. The molecule has 0 aromatic carbocycles. The maximum Gasteiger partial charge on any atom is 0.379 e. The number of thioether (sulfide) groups is 1. The van der Waals surface area contributed by atoms with Crippen LogP contribution in [0.1, 0.15) is 6.42 Å². The highest BCUT2D eigenvalue weighted by atomic mass is 32.2. The number of ether oxygens (including phenoxy) is 1. The van der Waals surface area contributed by atoms with Gasteiger partial charge in [-0.05, 0) is 0 Å². The van der Waals surface area contributed by atoms with E-state index in [0.29, 0.717) is 11.8 Å². The SMILES string of the molecule is C=CC(O)CC(=NS(=O)(=O)O)S[C@@H]1O[C@H](CO)[C@@H](O)[C@H](O)[C@H]1O. The van der Waals surface area contributed by atoms with Crippen LogP contribution in [0, 0.1) is 0 Å². The number of aliphatic hydroxyl groups is 5. The first-order valence-electron chi connectivity index (χ1n) is 6.43. The molecule has 0 radical (unpaired) electrons. The van der Waals surface area contributed by atoms with Crippen LogP contribution in [0.25, 0.3) is 0 Å². The fourth-order valence-corrected chi connectivity index (χ4v) is 3.62. The van der Waals surface area contributed by atoms with E-state index >= 15 is 0 Å². The second kappa shape index (κ2) is 8.50. The van der Waals surface area contributed by atoms with Gasteiger partial charge in [-0.25, -0.2) is 0 Å². The van der Waals surface area contributed by atoms with E-state index in [4.69, 9.17) is 14.4 Å². The fourth-order valence-electron chi connectivity index (χ4n) is 1.80. The maximum absolute atomic E-state index is 10.9. The van der Waals surface area contributed by atoms with Gasteiger partial charge in [-0.3, -0.25) is 4.55 Å². The lowest BCUT2D eigenvalue weighted by atomic mass is 10.0. The van der Waals surface area contributed by atoms with Crippen molar-refractivity contribution in [2.24, 2.45) is 4.40 Å². The van der Waals surface area contributed by atoms with Crippen molar-refractivity contribution in [3.63, 3.8) is 0 Å². The van der Waals surface area contributed by atoms with Crippen molar-refractivity contribution in [2.45, 2.75) is 42.4 Å². The third-order valence-electron chi connectivity index (χ3n) is 2.97. The highest BCUT2D eigenvalue weighted by Crippen LogP contribution is 2.30. The summed E-state index contributed by atoms with van der Waals surface area (Å²) >= 11 is 0.518. The van der Waals surface area contributed by atoms with Crippen LogP contribution in [0.4, 0.5) is 0 Å². The van der Waals surface area contributed by atoms with Crippen LogP contribution in [0.2, 0.25) is 0 Å². The fraction of sp³-hybridized carbons (Fsp3) is 0.727. The zero-order valence-corrected chi connectivity index (χ0v) is 13.5. The lowest BCUT2D eigenvalue weighted by Crippen LogP contribution is -2.57. The lowest BCUT2D eigenvalue weighted by molar-refractivity contribution is -0.205. The van der Waals surface area contributed by atoms with Gasteiger partial charge in [-0.15, -0.1) is 11.0 Å². The third-order valence-corrected chi connectivity index (χ3v) is 4.69. The van der Waals surface area contributed by atoms with Crippen molar-refractivity contribution in [3.8, 4) is 0 Å². The van der Waals surface area contributed by atoms with E-state index in [1.807, 2.05) is 0 Å². The molecule has 23 heavy (non-hydrogen) atoms. The Bertz CT molecular complexity index is 536. The Morgan fingerprint density at radius 2 is 1.91 bits per heavy atom. The van der Waals surface area contributed by atoms with Crippen LogP contribution in [0.3, 0.4) is 0 Å². The average molecular weight is 373 g/mol. The Hall–Kier alpha value is -0.570. The van der Waals surface area contributed by atoms with Crippen molar-refractivity contribution >= 4 is 27.1 Å². The van der Waals surface area contributed by atoms with Gasteiger partial charge in [-0.1, -0.05) is 17.8 Å². The summed E-state index contributed by atoms with van der Waals surface area (Å²) in [5, 5.41) is 47.4. The molecule has 0 aromatic rings. The Kier molecular flexibility index (Phi) is 7.57. The molecule has 1 heterocycles. The molecule has 12 heteroatoms. The first kappa shape index (κ1) is 20.5. The molecule has 0 spiro atoms. The second-order valence-electron chi connectivity index (χ2n) is 4.76. The molecule has 1 rings (SSSR count). The van der Waals surface area contributed by atoms with Gasteiger partial charge in [0.15, 0.2) is 0 Å². The molecule has 6 N–H and O–H groups in total. The Labute approximate surface area is 137 Å². The molecule has 0 amide bonds. The topological polar surface area (TPSA) is 177 Å². The summed E-state index contributed by atoms with van der Waals surface area (Å²) in [5.41, 5.74) is -1.29. The second-order valence-corrected chi connectivity index (χ2v) is 7.00. The van der Waals surface area contributed by atoms with E-state index in [9.17, 15) is 28.8 Å². The predicted molar refractivity (Wildman–Crippen MR) is 81.2 cm³/mol. The zero-order valence-electron chi connectivity index (χ0n) is 11.8. The smallest absolute Gasteiger partial charge is 0.379 e. The quantitative estimate of drug-likeness (QED) is 0.128. The minimum absolute atomic E-state index is 0.316. The van der Waals surface area contributed by atoms with Gasteiger partial charge < -0.3 is 30.3 Å². The van der Waals surface area contributed by atoms with Gasteiger partial charge >= 0.3 is 10.3 Å². The normalized spacial score (nSPS) is 34.2. The van der Waals surface area contributed by atoms with E-state index < -0.39 is 52.9 Å². The molecule has 1 aliphatic heterocycles. The van der Waals surface area contributed by atoms with E-state index in [0.717, 1.165) is 6.08 Å². The van der Waals surface area contributed by atoms with Crippen LogP contribution in [0.5, 0.6) is 0 Å². The van der Waals surface area contributed by atoms with Crippen LogP contribution in [-0.2, 0) is 15.0 Å². The highest BCUT2D eigenvalue weighted by Gasteiger charge is 2.44. The molecule has 0 saturated carbocycles. The summed E-state index contributed by atoms with van der Waals surface area (Å²) in [6, 6.07) is 0. The van der Waals surface area contributed by atoms with Crippen LogP contribution < -0.4 is 0 Å².